The Bertz CT molecular complexity index is 1230. The lowest BCUT2D eigenvalue weighted by atomic mass is 10.00. The summed E-state index contributed by atoms with van der Waals surface area (Å²) in [6.45, 7) is 1.57. The van der Waals surface area contributed by atoms with Crippen LogP contribution in [0.3, 0.4) is 0 Å². The van der Waals surface area contributed by atoms with Crippen molar-refractivity contribution < 1.29 is 23.8 Å². The molecule has 9 nitrogen and oxygen atoms in total. The quantitative estimate of drug-likeness (QED) is 0.471. The summed E-state index contributed by atoms with van der Waals surface area (Å²) in [6, 6.07) is 10.6. The number of aliphatic hydroxyl groups excluding tert-OH is 1. The Hall–Kier alpha value is -3.34. The largest absolute Gasteiger partial charge is 0.497 e. The lowest BCUT2D eigenvalue weighted by molar-refractivity contribution is -0.118. The number of anilines is 1. The Morgan fingerprint density at radius 2 is 2.23 bits per heavy atom. The predicted octanol–water partition coefficient (Wildman–Crippen LogP) is 2.20. The Morgan fingerprint density at radius 1 is 1.34 bits per heavy atom. The van der Waals surface area contributed by atoms with Gasteiger partial charge in [0.05, 0.1) is 24.4 Å². The number of halogens is 1. The van der Waals surface area contributed by atoms with Crippen molar-refractivity contribution in [2.45, 2.75) is 31.3 Å². The zero-order valence-corrected chi connectivity index (χ0v) is 19.4. The van der Waals surface area contributed by atoms with Crippen molar-refractivity contribution in [1.82, 2.24) is 20.2 Å². The fourth-order valence-corrected chi connectivity index (χ4v) is 4.61. The molecule has 0 bridgehead atoms. The summed E-state index contributed by atoms with van der Waals surface area (Å²) in [6.07, 6.45) is 0.407. The van der Waals surface area contributed by atoms with E-state index in [1.165, 1.54) is 0 Å². The second kappa shape index (κ2) is 10.1. The maximum absolute atomic E-state index is 15.0. The first kappa shape index (κ1) is 23.4. The first-order valence-electron chi connectivity index (χ1n) is 11.6. The second-order valence-electron chi connectivity index (χ2n) is 8.84. The fourth-order valence-electron chi connectivity index (χ4n) is 4.61. The summed E-state index contributed by atoms with van der Waals surface area (Å²) >= 11 is 0. The second-order valence-corrected chi connectivity index (χ2v) is 8.84. The van der Waals surface area contributed by atoms with Gasteiger partial charge in [0.15, 0.2) is 18.2 Å². The van der Waals surface area contributed by atoms with Crippen LogP contribution in [-0.4, -0.2) is 71.4 Å². The van der Waals surface area contributed by atoms with E-state index in [0.29, 0.717) is 49.1 Å². The Morgan fingerprint density at radius 3 is 3.06 bits per heavy atom. The highest BCUT2D eigenvalue weighted by molar-refractivity contribution is 5.94. The van der Waals surface area contributed by atoms with Gasteiger partial charge in [-0.1, -0.05) is 0 Å². The van der Waals surface area contributed by atoms with Crippen LogP contribution in [0.5, 0.6) is 11.5 Å². The molecule has 0 saturated carbocycles. The number of carbonyl (C=O) groups is 1. The van der Waals surface area contributed by atoms with Gasteiger partial charge in [-0.3, -0.25) is 14.7 Å². The van der Waals surface area contributed by atoms with E-state index in [1.807, 2.05) is 23.1 Å². The number of methoxy groups -OCH3 is 1. The van der Waals surface area contributed by atoms with Crippen LogP contribution in [0.25, 0.3) is 10.9 Å². The minimum atomic E-state index is -1.09. The van der Waals surface area contributed by atoms with E-state index < -0.39 is 12.3 Å². The molecule has 0 spiro atoms. The zero-order valence-electron chi connectivity index (χ0n) is 19.4. The van der Waals surface area contributed by atoms with Crippen LogP contribution in [-0.2, 0) is 11.3 Å². The molecule has 1 aromatic carbocycles. The van der Waals surface area contributed by atoms with E-state index in [4.69, 9.17) is 9.47 Å². The summed E-state index contributed by atoms with van der Waals surface area (Å²) < 4.78 is 25.7. The van der Waals surface area contributed by atoms with Gasteiger partial charge in [0.25, 0.3) is 5.91 Å². The van der Waals surface area contributed by atoms with Crippen molar-refractivity contribution in [3.8, 4) is 11.5 Å². The summed E-state index contributed by atoms with van der Waals surface area (Å²) in [5, 5.41) is 17.7. The number of nitrogens with zero attached hydrogens (tertiary/aromatic N) is 3. The van der Waals surface area contributed by atoms with Gasteiger partial charge < -0.3 is 25.2 Å². The lowest BCUT2D eigenvalue weighted by Gasteiger charge is -2.36. The van der Waals surface area contributed by atoms with Crippen molar-refractivity contribution >= 4 is 22.6 Å². The number of hydrogen-bond acceptors (Lipinski definition) is 8. The molecule has 184 valence electrons. The number of β-amino-alcohol motifs (C(OH)–C–C–N with tert-alkyl or cyclic N) is 1. The molecular weight excluding hydrogens is 453 g/mol. The molecule has 1 amide bonds. The summed E-state index contributed by atoms with van der Waals surface area (Å²) in [7, 11) is 1.60. The summed E-state index contributed by atoms with van der Waals surface area (Å²) in [4.78, 5) is 22.2. The molecule has 35 heavy (non-hydrogen) atoms. The number of aliphatic hydroxyl groups is 1. The van der Waals surface area contributed by atoms with Crippen molar-refractivity contribution in [3.63, 3.8) is 0 Å². The van der Waals surface area contributed by atoms with Crippen LogP contribution in [0, 0.1) is 0 Å². The number of piperidine rings is 1. The molecule has 4 heterocycles. The van der Waals surface area contributed by atoms with Crippen LogP contribution in [0.2, 0.25) is 0 Å². The molecule has 0 aliphatic carbocycles. The molecular formula is C25H28FN5O4. The van der Waals surface area contributed by atoms with Gasteiger partial charge in [-0.05, 0) is 54.9 Å². The number of aromatic nitrogens is 2. The van der Waals surface area contributed by atoms with E-state index in [-0.39, 0.29) is 25.1 Å². The predicted molar refractivity (Wildman–Crippen MR) is 128 cm³/mol. The highest BCUT2D eigenvalue weighted by atomic mass is 19.1. The van der Waals surface area contributed by atoms with Gasteiger partial charge in [0, 0.05) is 37.3 Å². The Balaban J connectivity index is 1.17. The first-order chi connectivity index (χ1) is 17.0. The molecule has 1 fully saturated rings. The SMILES string of the molecule is COc1ccc2nccc([C@@H](O)CN3CC[C@@H](NCc4ccc5c(n4)NC(=O)CO5)[C@@H](F)C3)c2c1. The maximum atomic E-state index is 15.0. The van der Waals surface area contributed by atoms with E-state index in [2.05, 4.69) is 20.6 Å². The summed E-state index contributed by atoms with van der Waals surface area (Å²) in [5.41, 5.74) is 2.22. The number of amides is 1. The van der Waals surface area contributed by atoms with Crippen LogP contribution >= 0.6 is 0 Å². The van der Waals surface area contributed by atoms with Gasteiger partial charge in [-0.15, -0.1) is 0 Å². The molecule has 3 aromatic rings. The van der Waals surface area contributed by atoms with Gasteiger partial charge in [0.1, 0.15) is 11.9 Å². The summed E-state index contributed by atoms with van der Waals surface area (Å²) in [5.74, 6) is 1.37. The van der Waals surface area contributed by atoms with Crippen molar-refractivity contribution in [1.29, 1.82) is 0 Å². The van der Waals surface area contributed by atoms with Crippen molar-refractivity contribution in [2.24, 2.45) is 0 Å². The third kappa shape index (κ3) is 5.19. The number of likely N-dealkylation sites (tertiary alicyclic amines) is 1. The molecule has 2 aliphatic rings. The fraction of sp³-hybridized carbons (Fsp3) is 0.400. The highest BCUT2D eigenvalue weighted by Crippen LogP contribution is 2.28. The molecule has 3 atom stereocenters. The molecule has 0 radical (unpaired) electrons. The molecule has 2 aliphatic heterocycles. The maximum Gasteiger partial charge on any atom is 0.263 e. The topological polar surface area (TPSA) is 109 Å². The lowest BCUT2D eigenvalue weighted by Crippen LogP contribution is -2.51. The van der Waals surface area contributed by atoms with Crippen LogP contribution < -0.4 is 20.1 Å². The number of hydrogen-bond donors (Lipinski definition) is 3. The highest BCUT2D eigenvalue weighted by Gasteiger charge is 2.30. The smallest absolute Gasteiger partial charge is 0.263 e. The van der Waals surface area contributed by atoms with Crippen molar-refractivity contribution in [2.75, 3.05) is 38.7 Å². The number of alkyl halides is 1. The van der Waals surface area contributed by atoms with E-state index >= 15 is 4.39 Å². The van der Waals surface area contributed by atoms with E-state index in [9.17, 15) is 9.90 Å². The molecule has 5 rings (SSSR count). The van der Waals surface area contributed by atoms with Gasteiger partial charge in [-0.2, -0.15) is 0 Å². The number of rotatable bonds is 7. The molecule has 10 heteroatoms. The monoisotopic (exact) mass is 481 g/mol. The Labute approximate surface area is 202 Å². The van der Waals surface area contributed by atoms with Gasteiger partial charge >= 0.3 is 0 Å². The van der Waals surface area contributed by atoms with Crippen LogP contribution in [0.15, 0.2) is 42.6 Å². The van der Waals surface area contributed by atoms with Crippen molar-refractivity contribution in [3.05, 3.63) is 53.9 Å². The molecule has 2 aromatic heterocycles. The van der Waals surface area contributed by atoms with E-state index in [0.717, 1.165) is 16.5 Å². The van der Waals surface area contributed by atoms with Gasteiger partial charge in [0.2, 0.25) is 0 Å². The number of fused-ring (bicyclic) bond motifs is 2. The van der Waals surface area contributed by atoms with Crippen LogP contribution in [0.4, 0.5) is 10.2 Å². The third-order valence-corrected chi connectivity index (χ3v) is 6.48. The third-order valence-electron chi connectivity index (χ3n) is 6.48. The van der Waals surface area contributed by atoms with E-state index in [1.54, 1.807) is 31.5 Å². The molecule has 3 N–H and O–H groups in total. The number of pyridine rings is 2. The average molecular weight is 482 g/mol. The number of carbonyl (C=O) groups excluding carboxylic acids is 1. The number of nitrogens with one attached hydrogen (secondary N) is 2. The zero-order chi connectivity index (χ0) is 24.4. The standard InChI is InChI=1S/C25H28FN5O4/c1-34-16-3-4-20-18(10-16)17(6-8-27-20)22(32)13-31-9-7-21(19(26)12-31)28-11-15-2-5-23-25(29-15)30-24(33)14-35-23/h2-6,8,10,19,21-22,28,32H,7,9,11-14H2,1H3,(H,29,30,33)/t19-,21+,22-/m0/s1. The average Bonchev–Trinajstić information content (AvgIpc) is 2.87. The first-order valence-corrected chi connectivity index (χ1v) is 11.6. The molecule has 0 unspecified atom stereocenters. The Kier molecular flexibility index (Phi) is 6.76. The normalized spacial score (nSPS) is 21.2. The van der Waals surface area contributed by atoms with Gasteiger partial charge in [-0.25, -0.2) is 9.37 Å². The molecule has 1 saturated heterocycles. The number of ether oxygens (including phenoxy) is 2. The number of benzene rings is 1. The minimum Gasteiger partial charge on any atom is -0.497 e. The minimum absolute atomic E-state index is 0.0192. The van der Waals surface area contributed by atoms with Crippen LogP contribution in [0.1, 0.15) is 23.8 Å².